The Kier molecular flexibility index (Phi) is 10.5. The summed E-state index contributed by atoms with van der Waals surface area (Å²) in [5, 5.41) is 8.18. The van der Waals surface area contributed by atoms with Gasteiger partial charge < -0.3 is 0 Å². The van der Waals surface area contributed by atoms with Gasteiger partial charge >= 0.3 is 0 Å². The molecule has 0 atom stereocenters. The molecule has 0 saturated carbocycles. The van der Waals surface area contributed by atoms with Crippen molar-refractivity contribution in [2.75, 3.05) is 0 Å². The second-order valence-corrected chi connectivity index (χ2v) is 18.7. The molecule has 6 rings (SSSR count). The van der Waals surface area contributed by atoms with E-state index in [1.807, 2.05) is 18.2 Å². The number of fused-ring (bicyclic) bond motifs is 2. The molecule has 0 saturated heterocycles. The third-order valence-corrected chi connectivity index (χ3v) is 12.1. The van der Waals surface area contributed by atoms with Crippen molar-refractivity contribution in [1.29, 1.82) is 0 Å². The molecule has 0 bridgehead atoms. The average Bonchev–Trinajstić information content (AvgIpc) is 3.02. The molecule has 0 aromatic heterocycles. The van der Waals surface area contributed by atoms with Gasteiger partial charge in [-0.2, -0.15) is 0 Å². The van der Waals surface area contributed by atoms with E-state index in [1.165, 1.54) is 86.8 Å². The van der Waals surface area contributed by atoms with Crippen LogP contribution < -0.4 is 10.6 Å². The second kappa shape index (κ2) is 14.1. The lowest BCUT2D eigenvalue weighted by atomic mass is 9.75. The molecule has 246 valence electrons. The lowest BCUT2D eigenvalue weighted by molar-refractivity contribution is 0.554. The van der Waals surface area contributed by atoms with Crippen molar-refractivity contribution in [3.63, 3.8) is 0 Å². The SMILES string of the molecule is Cc1cc2ccccc2c(-c2cccc3ccccc23)c1P=Pc1c(C(C)(C)C)cc(C(C)(C)C)cc1C(C)(C)C.Cc1ccccc1. The van der Waals surface area contributed by atoms with Crippen molar-refractivity contribution in [3.05, 3.63) is 143 Å². The number of hydrogen-bond donors (Lipinski definition) is 0. The van der Waals surface area contributed by atoms with Gasteiger partial charge in [0.15, 0.2) is 0 Å². The molecule has 6 aromatic rings. The van der Waals surface area contributed by atoms with Crippen LogP contribution in [0.2, 0.25) is 0 Å². The predicted molar refractivity (Wildman–Crippen MR) is 218 cm³/mol. The van der Waals surface area contributed by atoms with Crippen LogP contribution in [0.4, 0.5) is 0 Å². The Bertz CT molecular complexity index is 2040. The highest BCUT2D eigenvalue weighted by Gasteiger charge is 2.28. The van der Waals surface area contributed by atoms with E-state index in [0.717, 1.165) is 0 Å². The summed E-state index contributed by atoms with van der Waals surface area (Å²) in [5.74, 6) is 0. The number of rotatable bonds is 3. The first-order valence-electron chi connectivity index (χ1n) is 17.2. The van der Waals surface area contributed by atoms with Gasteiger partial charge in [0.25, 0.3) is 0 Å². The minimum atomic E-state index is 0.0516. The molecular weight excluding hydrogens is 614 g/mol. The zero-order valence-electron chi connectivity index (χ0n) is 30.9. The summed E-state index contributed by atoms with van der Waals surface area (Å²) in [6.07, 6.45) is 0. The molecule has 0 fully saturated rings. The van der Waals surface area contributed by atoms with Gasteiger partial charge in [-0.1, -0.05) is 183 Å². The Morgan fingerprint density at radius 2 is 0.938 bits per heavy atom. The van der Waals surface area contributed by atoms with Crippen LogP contribution in [0.1, 0.15) is 90.1 Å². The van der Waals surface area contributed by atoms with Gasteiger partial charge in [-0.25, -0.2) is 0 Å². The lowest BCUT2D eigenvalue weighted by Crippen LogP contribution is -2.29. The van der Waals surface area contributed by atoms with Gasteiger partial charge in [-0.05, 0) is 95.2 Å². The molecule has 0 unspecified atom stereocenters. The van der Waals surface area contributed by atoms with E-state index in [2.05, 4.69) is 173 Å². The number of benzene rings is 6. The maximum atomic E-state index is 2.51. The third kappa shape index (κ3) is 8.00. The fourth-order valence-corrected chi connectivity index (χ4v) is 10.1. The lowest BCUT2D eigenvalue weighted by Gasteiger charge is -2.32. The average molecular weight is 667 g/mol. The maximum absolute atomic E-state index is 2.51. The monoisotopic (exact) mass is 666 g/mol. The van der Waals surface area contributed by atoms with Crippen LogP contribution in [0.3, 0.4) is 0 Å². The highest BCUT2D eigenvalue weighted by molar-refractivity contribution is 7.91. The van der Waals surface area contributed by atoms with Crippen molar-refractivity contribution in [2.45, 2.75) is 92.4 Å². The van der Waals surface area contributed by atoms with Crippen molar-refractivity contribution in [1.82, 2.24) is 0 Å². The summed E-state index contributed by atoms with van der Waals surface area (Å²) in [4.78, 5) is 0. The molecule has 0 N–H and O–H groups in total. The Morgan fingerprint density at radius 3 is 1.48 bits per heavy atom. The molecule has 0 heterocycles. The van der Waals surface area contributed by atoms with E-state index < -0.39 is 0 Å². The van der Waals surface area contributed by atoms with Gasteiger partial charge in [0.1, 0.15) is 0 Å². The molecule has 0 aliphatic carbocycles. The molecule has 2 heteroatoms. The molecule has 6 aromatic carbocycles. The van der Waals surface area contributed by atoms with Crippen LogP contribution in [0.25, 0.3) is 32.7 Å². The summed E-state index contributed by atoms with van der Waals surface area (Å²) in [6, 6.07) is 42.2. The van der Waals surface area contributed by atoms with Crippen LogP contribution in [0.5, 0.6) is 0 Å². The summed E-state index contributed by atoms with van der Waals surface area (Å²) < 4.78 is 0. The molecule has 0 spiro atoms. The van der Waals surface area contributed by atoms with Crippen LogP contribution >= 0.6 is 15.7 Å². The Morgan fingerprint density at radius 1 is 0.438 bits per heavy atom. The van der Waals surface area contributed by atoms with E-state index in [1.54, 1.807) is 0 Å². The summed E-state index contributed by atoms with van der Waals surface area (Å²) in [6.45, 7) is 25.7. The standard InChI is InChI=1S/C39H44P2.C7H8/c1-25-22-27-17-12-14-20-30(27)34(31-21-15-18-26-16-11-13-19-29(26)31)35(25)40-41-36-32(38(5,6)7)23-28(37(2,3)4)24-33(36)39(8,9)10;1-7-5-3-2-4-6-7/h11-24H,1-10H3;2-6H,1H3. The highest BCUT2D eigenvalue weighted by atomic mass is 31.7. The van der Waals surface area contributed by atoms with Crippen LogP contribution in [0, 0.1) is 13.8 Å². The fraction of sp³-hybridized carbons (Fsp3) is 0.304. The first-order chi connectivity index (χ1) is 22.6. The smallest absolute Gasteiger partial charge is 0.0178 e. The number of hydrogen-bond acceptors (Lipinski definition) is 0. The number of aryl methyl sites for hydroxylation is 2. The van der Waals surface area contributed by atoms with Gasteiger partial charge in [0, 0.05) is 16.2 Å². The van der Waals surface area contributed by atoms with Crippen LogP contribution in [0.15, 0.2) is 115 Å². The molecule has 0 aliphatic rings. The zero-order valence-corrected chi connectivity index (χ0v) is 32.7. The largest absolute Gasteiger partial charge is 0.0622 e. The minimum absolute atomic E-state index is 0.0516. The molecule has 0 radical (unpaired) electrons. The third-order valence-electron chi connectivity index (χ3n) is 9.05. The maximum Gasteiger partial charge on any atom is 0.0178 e. The Labute approximate surface area is 293 Å². The van der Waals surface area contributed by atoms with E-state index in [9.17, 15) is 0 Å². The van der Waals surface area contributed by atoms with E-state index in [-0.39, 0.29) is 16.2 Å². The molecule has 48 heavy (non-hydrogen) atoms. The van der Waals surface area contributed by atoms with Crippen molar-refractivity contribution < 1.29 is 0 Å². The predicted octanol–water partition coefficient (Wildman–Crippen LogP) is 13.6. The second-order valence-electron chi connectivity index (χ2n) is 16.2. The Hall–Kier alpha value is -3.56. The van der Waals surface area contributed by atoms with E-state index in [4.69, 9.17) is 0 Å². The van der Waals surface area contributed by atoms with E-state index in [0.29, 0.717) is 0 Å². The molecule has 0 amide bonds. The fourth-order valence-electron chi connectivity index (χ4n) is 6.27. The van der Waals surface area contributed by atoms with Crippen LogP contribution in [-0.2, 0) is 16.2 Å². The highest BCUT2D eigenvalue weighted by Crippen LogP contribution is 2.40. The van der Waals surface area contributed by atoms with Gasteiger partial charge in [0.2, 0.25) is 0 Å². The van der Waals surface area contributed by atoms with Crippen molar-refractivity contribution >= 4 is 47.9 Å². The summed E-state index contributed by atoms with van der Waals surface area (Å²) in [7, 11) is 2.66. The molecule has 0 aliphatic heterocycles. The van der Waals surface area contributed by atoms with Crippen molar-refractivity contribution in [3.8, 4) is 11.1 Å². The van der Waals surface area contributed by atoms with Gasteiger partial charge in [-0.3, -0.25) is 0 Å². The molecule has 0 nitrogen and oxygen atoms in total. The van der Waals surface area contributed by atoms with Crippen molar-refractivity contribution in [2.24, 2.45) is 0 Å². The minimum Gasteiger partial charge on any atom is -0.0622 e. The summed E-state index contributed by atoms with van der Waals surface area (Å²) >= 11 is 0. The van der Waals surface area contributed by atoms with Crippen LogP contribution in [-0.4, -0.2) is 0 Å². The Balaban J connectivity index is 0.000000572. The quantitative estimate of drug-likeness (QED) is 0.165. The normalized spacial score (nSPS) is 12.4. The van der Waals surface area contributed by atoms with Gasteiger partial charge in [-0.15, -0.1) is 0 Å². The summed E-state index contributed by atoms with van der Waals surface area (Å²) in [5.41, 5.74) is 9.99. The molecular formula is C46H52P2. The topological polar surface area (TPSA) is 0 Å². The first kappa shape index (κ1) is 35.7. The first-order valence-corrected chi connectivity index (χ1v) is 19.7. The van der Waals surface area contributed by atoms with Gasteiger partial charge in [0.05, 0.1) is 0 Å². The van der Waals surface area contributed by atoms with E-state index >= 15 is 0 Å². The zero-order chi connectivity index (χ0) is 34.9.